The Morgan fingerprint density at radius 3 is 3.06 bits per heavy atom. The molecule has 0 saturated heterocycles. The fraction of sp³-hybridized carbons (Fsp3) is 0.286. The van der Waals surface area contributed by atoms with Crippen molar-refractivity contribution in [2.24, 2.45) is 0 Å². The first-order chi connectivity index (χ1) is 8.31. The van der Waals surface area contributed by atoms with Gasteiger partial charge in [-0.1, -0.05) is 24.3 Å². The Kier molecular flexibility index (Phi) is 2.32. The van der Waals surface area contributed by atoms with E-state index in [1.807, 2.05) is 35.9 Å². The molecule has 1 atom stereocenters. The number of aryl methyl sites for hydroxylation is 1. The summed E-state index contributed by atoms with van der Waals surface area (Å²) < 4.78 is 1.91. The Bertz CT molecular complexity index is 571. The number of carbonyl (C=O) groups is 1. The first-order valence-corrected chi connectivity index (χ1v) is 5.94. The van der Waals surface area contributed by atoms with E-state index in [2.05, 4.69) is 11.1 Å². The molecule has 2 aromatic rings. The third-order valence-electron chi connectivity index (χ3n) is 3.45. The average Bonchev–Trinajstić information content (AvgIpc) is 2.78. The number of rotatable bonds is 3. The fourth-order valence-corrected chi connectivity index (χ4v) is 2.44. The highest BCUT2D eigenvalue weighted by Crippen LogP contribution is 2.36. The third kappa shape index (κ3) is 1.50. The number of imidazole rings is 1. The van der Waals surface area contributed by atoms with Crippen LogP contribution in [0, 0.1) is 0 Å². The van der Waals surface area contributed by atoms with Gasteiger partial charge in [0, 0.05) is 18.9 Å². The lowest BCUT2D eigenvalue weighted by molar-refractivity contribution is 0.0934. The predicted molar refractivity (Wildman–Crippen MR) is 65.1 cm³/mol. The topological polar surface area (TPSA) is 34.9 Å². The van der Waals surface area contributed by atoms with E-state index in [0.29, 0.717) is 5.82 Å². The molecule has 0 N–H and O–H groups in total. The predicted octanol–water partition coefficient (Wildman–Crippen LogP) is 2.43. The number of benzene rings is 1. The van der Waals surface area contributed by atoms with E-state index < -0.39 is 0 Å². The number of fused-ring (bicyclic) bond motifs is 1. The summed E-state index contributed by atoms with van der Waals surface area (Å²) in [5.74, 6) is 0.751. The lowest BCUT2D eigenvalue weighted by Crippen LogP contribution is -2.27. The van der Waals surface area contributed by atoms with Crippen LogP contribution in [0.3, 0.4) is 0 Å². The van der Waals surface area contributed by atoms with Crippen molar-refractivity contribution >= 4 is 5.78 Å². The van der Waals surface area contributed by atoms with Crippen molar-refractivity contribution in [2.45, 2.75) is 25.8 Å². The standard InChI is InChI=1S/C14H14N2O/c1-2-16-8-7-15-14(16)13(17)12-9-10-5-3-4-6-11(10)12/h3-8,12H,2,9H2,1H3. The van der Waals surface area contributed by atoms with Crippen LogP contribution in [-0.2, 0) is 13.0 Å². The van der Waals surface area contributed by atoms with Crippen molar-refractivity contribution in [3.8, 4) is 0 Å². The minimum Gasteiger partial charge on any atom is -0.329 e. The largest absolute Gasteiger partial charge is 0.329 e. The Balaban J connectivity index is 1.91. The normalized spacial score (nSPS) is 17.4. The molecular formula is C14H14N2O. The van der Waals surface area contributed by atoms with E-state index in [-0.39, 0.29) is 11.7 Å². The molecule has 0 radical (unpaired) electrons. The summed E-state index contributed by atoms with van der Waals surface area (Å²) in [5, 5.41) is 0. The van der Waals surface area contributed by atoms with Gasteiger partial charge >= 0.3 is 0 Å². The number of Topliss-reactive ketones (excluding diaryl/α,β-unsaturated/α-hetero) is 1. The number of nitrogens with zero attached hydrogens (tertiary/aromatic N) is 2. The van der Waals surface area contributed by atoms with Gasteiger partial charge in [0.05, 0.1) is 5.92 Å². The number of ketones is 1. The zero-order valence-electron chi connectivity index (χ0n) is 9.76. The van der Waals surface area contributed by atoms with E-state index >= 15 is 0 Å². The third-order valence-corrected chi connectivity index (χ3v) is 3.45. The van der Waals surface area contributed by atoms with Gasteiger partial charge in [-0.05, 0) is 24.5 Å². The molecule has 3 rings (SSSR count). The molecule has 0 amide bonds. The van der Waals surface area contributed by atoms with Gasteiger partial charge in [0.2, 0.25) is 5.78 Å². The molecule has 1 heterocycles. The Morgan fingerprint density at radius 1 is 1.47 bits per heavy atom. The molecule has 17 heavy (non-hydrogen) atoms. The zero-order valence-corrected chi connectivity index (χ0v) is 9.76. The van der Waals surface area contributed by atoms with E-state index in [1.54, 1.807) is 6.20 Å². The fourth-order valence-electron chi connectivity index (χ4n) is 2.44. The molecular weight excluding hydrogens is 212 g/mol. The zero-order chi connectivity index (χ0) is 11.8. The summed E-state index contributed by atoms with van der Waals surface area (Å²) in [5.41, 5.74) is 2.46. The van der Waals surface area contributed by atoms with Gasteiger partial charge in [-0.15, -0.1) is 0 Å². The quantitative estimate of drug-likeness (QED) is 0.753. The molecule has 0 aliphatic heterocycles. The Morgan fingerprint density at radius 2 is 2.29 bits per heavy atom. The van der Waals surface area contributed by atoms with Crippen LogP contribution in [0.25, 0.3) is 0 Å². The molecule has 0 fully saturated rings. The first-order valence-electron chi connectivity index (χ1n) is 5.94. The molecule has 0 spiro atoms. The molecule has 0 bridgehead atoms. The second-order valence-electron chi connectivity index (χ2n) is 4.36. The van der Waals surface area contributed by atoms with Crippen molar-refractivity contribution in [1.82, 2.24) is 9.55 Å². The molecule has 1 aromatic carbocycles. The summed E-state index contributed by atoms with van der Waals surface area (Å²) in [6.07, 6.45) is 4.41. The minimum atomic E-state index is 0.0129. The van der Waals surface area contributed by atoms with Gasteiger partial charge in [-0.2, -0.15) is 0 Å². The maximum atomic E-state index is 12.3. The maximum Gasteiger partial charge on any atom is 0.206 e. The second kappa shape index (κ2) is 3.84. The van der Waals surface area contributed by atoms with Crippen molar-refractivity contribution in [1.29, 1.82) is 0 Å². The highest BCUT2D eigenvalue weighted by molar-refractivity contribution is 6.00. The number of hydrogen-bond acceptors (Lipinski definition) is 2. The van der Waals surface area contributed by atoms with E-state index in [0.717, 1.165) is 13.0 Å². The highest BCUT2D eigenvalue weighted by Gasteiger charge is 2.34. The van der Waals surface area contributed by atoms with Crippen LogP contribution in [0.15, 0.2) is 36.7 Å². The van der Waals surface area contributed by atoms with Gasteiger partial charge in [0.25, 0.3) is 0 Å². The maximum absolute atomic E-state index is 12.3. The summed E-state index contributed by atoms with van der Waals surface area (Å²) in [6.45, 7) is 2.81. The minimum absolute atomic E-state index is 0.0129. The number of aromatic nitrogens is 2. The first kappa shape index (κ1) is 10.3. The van der Waals surface area contributed by atoms with Crippen LogP contribution in [0.1, 0.15) is 34.6 Å². The van der Waals surface area contributed by atoms with Crippen LogP contribution < -0.4 is 0 Å². The van der Waals surface area contributed by atoms with Gasteiger partial charge in [-0.3, -0.25) is 4.79 Å². The van der Waals surface area contributed by atoms with E-state index in [4.69, 9.17) is 0 Å². The van der Waals surface area contributed by atoms with E-state index in [1.165, 1.54) is 11.1 Å². The van der Waals surface area contributed by atoms with Gasteiger partial charge in [0.1, 0.15) is 0 Å². The number of carbonyl (C=O) groups excluding carboxylic acids is 1. The molecule has 1 aromatic heterocycles. The van der Waals surface area contributed by atoms with Crippen LogP contribution in [-0.4, -0.2) is 15.3 Å². The molecule has 3 heteroatoms. The summed E-state index contributed by atoms with van der Waals surface area (Å²) in [4.78, 5) is 16.5. The molecule has 86 valence electrons. The average molecular weight is 226 g/mol. The van der Waals surface area contributed by atoms with Crippen molar-refractivity contribution < 1.29 is 4.79 Å². The SMILES string of the molecule is CCn1ccnc1C(=O)C1Cc2ccccc21. The van der Waals surface area contributed by atoms with Gasteiger partial charge in [0.15, 0.2) is 5.82 Å². The van der Waals surface area contributed by atoms with Gasteiger partial charge < -0.3 is 4.57 Å². The monoisotopic (exact) mass is 226 g/mol. The van der Waals surface area contributed by atoms with Crippen LogP contribution in [0.5, 0.6) is 0 Å². The Labute approximate surface area is 100 Å². The van der Waals surface area contributed by atoms with Crippen LogP contribution >= 0.6 is 0 Å². The smallest absolute Gasteiger partial charge is 0.206 e. The molecule has 1 aliphatic carbocycles. The summed E-state index contributed by atoms with van der Waals surface area (Å²) >= 11 is 0. The van der Waals surface area contributed by atoms with Crippen molar-refractivity contribution in [3.63, 3.8) is 0 Å². The second-order valence-corrected chi connectivity index (χ2v) is 4.36. The van der Waals surface area contributed by atoms with Crippen LogP contribution in [0.4, 0.5) is 0 Å². The molecule has 1 aliphatic rings. The van der Waals surface area contributed by atoms with Gasteiger partial charge in [-0.25, -0.2) is 4.98 Å². The Hall–Kier alpha value is -1.90. The lowest BCUT2D eigenvalue weighted by Gasteiger charge is -2.28. The van der Waals surface area contributed by atoms with Crippen LogP contribution in [0.2, 0.25) is 0 Å². The molecule has 3 nitrogen and oxygen atoms in total. The van der Waals surface area contributed by atoms with E-state index in [9.17, 15) is 4.79 Å². The number of hydrogen-bond donors (Lipinski definition) is 0. The summed E-state index contributed by atoms with van der Waals surface area (Å²) in [6, 6.07) is 8.14. The van der Waals surface area contributed by atoms with Crippen molar-refractivity contribution in [2.75, 3.05) is 0 Å². The molecule has 1 unspecified atom stereocenters. The lowest BCUT2D eigenvalue weighted by atomic mass is 9.75. The highest BCUT2D eigenvalue weighted by atomic mass is 16.1. The van der Waals surface area contributed by atoms with Crippen molar-refractivity contribution in [3.05, 3.63) is 53.6 Å². The molecule has 0 saturated carbocycles. The summed E-state index contributed by atoms with van der Waals surface area (Å²) in [7, 11) is 0.